The van der Waals surface area contributed by atoms with E-state index in [2.05, 4.69) is 73.7 Å². The summed E-state index contributed by atoms with van der Waals surface area (Å²) in [6, 6.07) is 31.7. The van der Waals surface area contributed by atoms with Gasteiger partial charge in [-0.05, 0) is 40.3 Å². The molecule has 0 N–H and O–H groups in total. The highest BCUT2D eigenvalue weighted by Crippen LogP contribution is 2.59. The van der Waals surface area contributed by atoms with Crippen LogP contribution in [0.25, 0.3) is 11.1 Å². The van der Waals surface area contributed by atoms with Crippen LogP contribution in [0.1, 0.15) is 43.7 Å². The van der Waals surface area contributed by atoms with Crippen LogP contribution in [0.4, 0.5) is 0 Å². The Balaban J connectivity index is 1.89. The summed E-state index contributed by atoms with van der Waals surface area (Å²) in [5, 5.41) is 0. The fourth-order valence-electron chi connectivity index (χ4n) is 5.28. The van der Waals surface area contributed by atoms with Crippen molar-refractivity contribution in [3.05, 3.63) is 130 Å². The minimum atomic E-state index is -0.445. The Morgan fingerprint density at radius 1 is 0.536 bits per heavy atom. The number of carbonyl (C=O) groups excluding carboxylic acids is 1. The van der Waals surface area contributed by atoms with E-state index in [4.69, 9.17) is 0 Å². The van der Waals surface area contributed by atoms with Crippen LogP contribution < -0.4 is 0 Å². The van der Waals surface area contributed by atoms with Gasteiger partial charge in [0.05, 0.1) is 5.41 Å². The van der Waals surface area contributed by atoms with E-state index < -0.39 is 5.41 Å². The molecule has 1 heteroatoms. The van der Waals surface area contributed by atoms with Crippen LogP contribution >= 0.6 is 0 Å². The fraction of sp³-hybridized carbons (Fsp3) is 0.0741. The largest absolute Gasteiger partial charge is 0.289 e. The van der Waals surface area contributed by atoms with E-state index >= 15 is 0 Å². The second-order valence-corrected chi connectivity index (χ2v) is 7.76. The summed E-state index contributed by atoms with van der Waals surface area (Å²) in [5.74, 6) is 0.123. The monoisotopic (exact) mass is 358 g/mol. The molecular formula is C27H18O. The van der Waals surface area contributed by atoms with Gasteiger partial charge in [-0.15, -0.1) is 0 Å². The quantitative estimate of drug-likeness (QED) is 0.330. The Bertz CT molecular complexity index is 1250. The molecule has 0 saturated carbocycles. The zero-order valence-electron chi connectivity index (χ0n) is 15.6. The lowest BCUT2D eigenvalue weighted by Crippen LogP contribution is -2.36. The second-order valence-electron chi connectivity index (χ2n) is 7.76. The average molecular weight is 358 g/mol. The van der Waals surface area contributed by atoms with Gasteiger partial charge in [-0.3, -0.25) is 4.79 Å². The first-order chi connectivity index (χ1) is 13.7. The van der Waals surface area contributed by atoms with Gasteiger partial charge in [0.2, 0.25) is 0 Å². The van der Waals surface area contributed by atoms with Crippen molar-refractivity contribution in [1.82, 2.24) is 0 Å². The average Bonchev–Trinajstić information content (AvgIpc) is 3.04. The van der Waals surface area contributed by atoms with Crippen LogP contribution in [0.2, 0.25) is 0 Å². The highest BCUT2D eigenvalue weighted by Gasteiger charge is 2.51. The van der Waals surface area contributed by atoms with E-state index in [0.29, 0.717) is 0 Å². The van der Waals surface area contributed by atoms with Gasteiger partial charge in [0.25, 0.3) is 0 Å². The van der Waals surface area contributed by atoms with Crippen molar-refractivity contribution in [3.8, 4) is 11.1 Å². The second kappa shape index (κ2) is 5.30. The zero-order chi connectivity index (χ0) is 18.9. The fourth-order valence-corrected chi connectivity index (χ4v) is 5.28. The number of aryl methyl sites for hydroxylation is 1. The van der Waals surface area contributed by atoms with Crippen LogP contribution in [0.3, 0.4) is 0 Å². The van der Waals surface area contributed by atoms with E-state index in [1.54, 1.807) is 0 Å². The first-order valence-electron chi connectivity index (χ1n) is 9.67. The predicted molar refractivity (Wildman–Crippen MR) is 112 cm³/mol. The van der Waals surface area contributed by atoms with E-state index in [0.717, 1.165) is 22.3 Å². The summed E-state index contributed by atoms with van der Waals surface area (Å²) < 4.78 is 0. The first kappa shape index (κ1) is 15.6. The number of ketones is 1. The number of hydrogen-bond donors (Lipinski definition) is 0. The topological polar surface area (TPSA) is 17.1 Å². The van der Waals surface area contributed by atoms with E-state index in [-0.39, 0.29) is 5.78 Å². The molecular weight excluding hydrogens is 340 g/mol. The number of carbonyl (C=O) groups is 1. The summed E-state index contributed by atoms with van der Waals surface area (Å²) in [4.78, 5) is 13.4. The SMILES string of the molecule is Cc1ccc2c(c1)C1(c3ccccc3C2=O)c2ccccc2-c2ccccc21. The number of hydrogen-bond acceptors (Lipinski definition) is 1. The van der Waals surface area contributed by atoms with Gasteiger partial charge in [0.1, 0.15) is 0 Å². The molecule has 1 spiro atoms. The molecule has 0 aliphatic heterocycles. The van der Waals surface area contributed by atoms with Gasteiger partial charge < -0.3 is 0 Å². The molecule has 132 valence electrons. The van der Waals surface area contributed by atoms with Crippen molar-refractivity contribution in [2.24, 2.45) is 0 Å². The van der Waals surface area contributed by atoms with Crippen LogP contribution in [0, 0.1) is 6.92 Å². The smallest absolute Gasteiger partial charge is 0.193 e. The maximum absolute atomic E-state index is 13.4. The summed E-state index contributed by atoms with van der Waals surface area (Å²) >= 11 is 0. The van der Waals surface area contributed by atoms with Crippen molar-refractivity contribution < 1.29 is 4.79 Å². The Morgan fingerprint density at radius 2 is 1.00 bits per heavy atom. The molecule has 0 amide bonds. The third-order valence-corrected chi connectivity index (χ3v) is 6.35. The van der Waals surface area contributed by atoms with Gasteiger partial charge in [0.15, 0.2) is 5.78 Å². The van der Waals surface area contributed by atoms with Crippen LogP contribution in [0.15, 0.2) is 91.0 Å². The molecule has 6 rings (SSSR count). The van der Waals surface area contributed by atoms with E-state index in [9.17, 15) is 4.79 Å². The minimum Gasteiger partial charge on any atom is -0.289 e. The molecule has 0 radical (unpaired) electrons. The van der Waals surface area contributed by atoms with Crippen molar-refractivity contribution in [3.63, 3.8) is 0 Å². The van der Waals surface area contributed by atoms with Crippen molar-refractivity contribution in [2.75, 3.05) is 0 Å². The summed E-state index contributed by atoms with van der Waals surface area (Å²) in [6.45, 7) is 2.10. The normalized spacial score (nSPS) is 15.0. The molecule has 0 bridgehead atoms. The summed E-state index contributed by atoms with van der Waals surface area (Å²) in [7, 11) is 0. The minimum absolute atomic E-state index is 0.123. The van der Waals surface area contributed by atoms with Crippen LogP contribution in [0.5, 0.6) is 0 Å². The van der Waals surface area contributed by atoms with Crippen LogP contribution in [-0.2, 0) is 5.41 Å². The summed E-state index contributed by atoms with van der Waals surface area (Å²) in [6.07, 6.45) is 0. The molecule has 2 aliphatic rings. The van der Waals surface area contributed by atoms with Gasteiger partial charge in [-0.1, -0.05) is 96.6 Å². The van der Waals surface area contributed by atoms with Crippen molar-refractivity contribution in [2.45, 2.75) is 12.3 Å². The summed E-state index contributed by atoms with van der Waals surface area (Å²) in [5.41, 5.74) is 9.60. The van der Waals surface area contributed by atoms with Gasteiger partial charge in [-0.25, -0.2) is 0 Å². The van der Waals surface area contributed by atoms with E-state index in [1.165, 1.54) is 27.8 Å². The van der Waals surface area contributed by atoms with Crippen molar-refractivity contribution >= 4 is 5.78 Å². The molecule has 0 fully saturated rings. The first-order valence-corrected chi connectivity index (χ1v) is 9.67. The highest BCUT2D eigenvalue weighted by atomic mass is 16.1. The van der Waals surface area contributed by atoms with E-state index in [1.807, 2.05) is 24.3 Å². The maximum Gasteiger partial charge on any atom is 0.193 e. The molecule has 0 saturated heterocycles. The molecule has 0 heterocycles. The molecule has 4 aromatic rings. The third kappa shape index (κ3) is 1.70. The Labute approximate surface area is 164 Å². The predicted octanol–water partition coefficient (Wildman–Crippen LogP) is 5.90. The molecule has 0 unspecified atom stereocenters. The van der Waals surface area contributed by atoms with Crippen LogP contribution in [-0.4, -0.2) is 5.78 Å². The van der Waals surface area contributed by atoms with Gasteiger partial charge >= 0.3 is 0 Å². The number of benzene rings is 4. The standard InChI is InChI=1S/C27H18O/c1-17-14-15-21-25(16-17)27(24-13-7-4-10-20(24)26(21)28)22-11-5-2-8-18(22)19-9-3-6-12-23(19)27/h2-16H,1H3. The Morgan fingerprint density at radius 3 is 1.61 bits per heavy atom. The molecule has 28 heavy (non-hydrogen) atoms. The maximum atomic E-state index is 13.4. The number of rotatable bonds is 0. The lowest BCUT2D eigenvalue weighted by atomic mass is 9.61. The Kier molecular flexibility index (Phi) is 2.95. The van der Waals surface area contributed by atoms with Gasteiger partial charge in [-0.2, -0.15) is 0 Å². The third-order valence-electron chi connectivity index (χ3n) is 6.35. The molecule has 0 aromatic heterocycles. The lowest BCUT2D eigenvalue weighted by Gasteiger charge is -2.39. The molecule has 0 atom stereocenters. The Hall–Kier alpha value is -3.45. The molecule has 4 aromatic carbocycles. The molecule has 1 nitrogen and oxygen atoms in total. The number of fused-ring (bicyclic) bond motifs is 9. The lowest BCUT2D eigenvalue weighted by molar-refractivity contribution is 0.103. The highest BCUT2D eigenvalue weighted by molar-refractivity contribution is 6.14. The zero-order valence-corrected chi connectivity index (χ0v) is 15.6. The molecule has 2 aliphatic carbocycles. The van der Waals surface area contributed by atoms with Crippen molar-refractivity contribution in [1.29, 1.82) is 0 Å². The van der Waals surface area contributed by atoms with Gasteiger partial charge in [0, 0.05) is 11.1 Å².